The molecule has 0 bridgehead atoms. The van der Waals surface area contributed by atoms with Crippen LogP contribution >= 0.6 is 0 Å². The lowest BCUT2D eigenvalue weighted by atomic mass is 10.1. The second-order valence-corrected chi connectivity index (χ2v) is 16.0. The summed E-state index contributed by atoms with van der Waals surface area (Å²) in [4.78, 5) is 37.8. The van der Waals surface area contributed by atoms with E-state index in [1.165, 1.54) is 89.9 Å². The molecule has 0 radical (unpaired) electrons. The Morgan fingerprint density at radius 2 is 0.684 bits per heavy atom. The van der Waals surface area contributed by atoms with E-state index >= 15 is 0 Å². The Balaban J connectivity index is 4.40. The SMILES string of the molecule is CC/C=C\C/C=C\C/C=C\CCCCCCCC(=O)OC[C@H](COC(=O)CCCCCCCCCCCCC)OC(=O)CCCCCCC/C=C\CCCCCC. The van der Waals surface area contributed by atoms with Gasteiger partial charge in [-0.05, 0) is 77.0 Å². The van der Waals surface area contributed by atoms with Crippen molar-refractivity contribution in [3.05, 3.63) is 48.6 Å². The van der Waals surface area contributed by atoms with Crippen LogP contribution in [-0.4, -0.2) is 37.2 Å². The van der Waals surface area contributed by atoms with Gasteiger partial charge < -0.3 is 14.2 Å². The minimum Gasteiger partial charge on any atom is -0.462 e. The number of ether oxygens (including phenoxy) is 3. The fourth-order valence-corrected chi connectivity index (χ4v) is 6.69. The highest BCUT2D eigenvalue weighted by atomic mass is 16.6. The maximum absolute atomic E-state index is 12.7. The van der Waals surface area contributed by atoms with Crippen LogP contribution in [0.3, 0.4) is 0 Å². The molecule has 0 rings (SSSR count). The molecule has 0 aliphatic rings. The van der Waals surface area contributed by atoms with Crippen LogP contribution in [0.1, 0.15) is 239 Å². The Kier molecular flexibility index (Phi) is 43.9. The van der Waals surface area contributed by atoms with Crippen molar-refractivity contribution in [3.8, 4) is 0 Å². The van der Waals surface area contributed by atoms with Gasteiger partial charge in [0.15, 0.2) is 6.10 Å². The number of allylic oxidation sites excluding steroid dienone is 8. The molecule has 0 aromatic rings. The summed E-state index contributed by atoms with van der Waals surface area (Å²) in [5.41, 5.74) is 0. The average molecular weight is 799 g/mol. The van der Waals surface area contributed by atoms with E-state index in [2.05, 4.69) is 69.4 Å². The molecule has 330 valence electrons. The van der Waals surface area contributed by atoms with Gasteiger partial charge in [0.1, 0.15) is 13.2 Å². The second-order valence-electron chi connectivity index (χ2n) is 16.0. The smallest absolute Gasteiger partial charge is 0.306 e. The molecule has 0 aromatic carbocycles. The van der Waals surface area contributed by atoms with Gasteiger partial charge in [0.05, 0.1) is 0 Å². The summed E-state index contributed by atoms with van der Waals surface area (Å²) in [5.74, 6) is -0.905. The molecule has 0 spiro atoms. The first-order valence-corrected chi connectivity index (χ1v) is 24.1. The molecule has 0 aliphatic carbocycles. The topological polar surface area (TPSA) is 78.9 Å². The molecule has 0 aliphatic heterocycles. The first-order chi connectivity index (χ1) is 28.0. The second kappa shape index (κ2) is 46.1. The van der Waals surface area contributed by atoms with Crippen molar-refractivity contribution in [3.63, 3.8) is 0 Å². The normalized spacial score (nSPS) is 12.4. The van der Waals surface area contributed by atoms with Crippen molar-refractivity contribution in [2.75, 3.05) is 13.2 Å². The third kappa shape index (κ3) is 44.3. The minimum atomic E-state index is -0.780. The molecular weight excluding hydrogens is 709 g/mol. The number of carbonyl (C=O) groups excluding carboxylic acids is 3. The van der Waals surface area contributed by atoms with Crippen LogP contribution in [0.4, 0.5) is 0 Å². The summed E-state index contributed by atoms with van der Waals surface area (Å²) in [6.45, 7) is 6.48. The zero-order chi connectivity index (χ0) is 41.5. The zero-order valence-corrected chi connectivity index (χ0v) is 37.6. The Hall–Kier alpha value is -2.63. The van der Waals surface area contributed by atoms with Gasteiger partial charge in [0.2, 0.25) is 0 Å². The summed E-state index contributed by atoms with van der Waals surface area (Å²) in [7, 11) is 0. The molecule has 0 amide bonds. The van der Waals surface area contributed by atoms with Crippen molar-refractivity contribution in [1.29, 1.82) is 0 Å². The molecule has 6 nitrogen and oxygen atoms in total. The number of esters is 3. The number of unbranched alkanes of at least 4 members (excludes halogenated alkanes) is 24. The maximum atomic E-state index is 12.7. The lowest BCUT2D eigenvalue weighted by Crippen LogP contribution is -2.30. The van der Waals surface area contributed by atoms with E-state index in [9.17, 15) is 14.4 Å². The zero-order valence-electron chi connectivity index (χ0n) is 37.6. The van der Waals surface area contributed by atoms with E-state index in [4.69, 9.17) is 14.2 Å². The van der Waals surface area contributed by atoms with Gasteiger partial charge in [-0.15, -0.1) is 0 Å². The van der Waals surface area contributed by atoms with Crippen molar-refractivity contribution < 1.29 is 28.6 Å². The first kappa shape index (κ1) is 54.4. The largest absolute Gasteiger partial charge is 0.462 e. The summed E-state index contributed by atoms with van der Waals surface area (Å²) < 4.78 is 16.7. The Bertz CT molecular complexity index is 1010. The van der Waals surface area contributed by atoms with Gasteiger partial charge in [-0.25, -0.2) is 0 Å². The molecule has 0 aromatic heterocycles. The van der Waals surface area contributed by atoms with Crippen LogP contribution in [0.25, 0.3) is 0 Å². The molecule has 0 saturated carbocycles. The summed E-state index contributed by atoms with van der Waals surface area (Å²) in [5, 5.41) is 0. The lowest BCUT2D eigenvalue weighted by Gasteiger charge is -2.18. The highest BCUT2D eigenvalue weighted by Crippen LogP contribution is 2.14. The lowest BCUT2D eigenvalue weighted by molar-refractivity contribution is -0.167. The van der Waals surface area contributed by atoms with Gasteiger partial charge in [0, 0.05) is 19.3 Å². The summed E-state index contributed by atoms with van der Waals surface area (Å²) >= 11 is 0. The Morgan fingerprint density at radius 3 is 1.11 bits per heavy atom. The molecule has 0 saturated heterocycles. The monoisotopic (exact) mass is 799 g/mol. The highest BCUT2D eigenvalue weighted by Gasteiger charge is 2.19. The van der Waals surface area contributed by atoms with Crippen molar-refractivity contribution in [2.45, 2.75) is 245 Å². The third-order valence-corrected chi connectivity index (χ3v) is 10.3. The van der Waals surface area contributed by atoms with Gasteiger partial charge in [-0.3, -0.25) is 14.4 Å². The van der Waals surface area contributed by atoms with Crippen LogP contribution in [0.15, 0.2) is 48.6 Å². The van der Waals surface area contributed by atoms with Gasteiger partial charge in [-0.1, -0.05) is 191 Å². The van der Waals surface area contributed by atoms with Crippen molar-refractivity contribution in [2.24, 2.45) is 0 Å². The average Bonchev–Trinajstić information content (AvgIpc) is 3.21. The number of carbonyl (C=O) groups is 3. The van der Waals surface area contributed by atoms with Crippen LogP contribution in [0.2, 0.25) is 0 Å². The fraction of sp³-hybridized carbons (Fsp3) is 0.784. The van der Waals surface area contributed by atoms with E-state index < -0.39 is 6.10 Å². The van der Waals surface area contributed by atoms with E-state index in [0.29, 0.717) is 19.3 Å². The maximum Gasteiger partial charge on any atom is 0.306 e. The standard InChI is InChI=1S/C51H90O6/c1-4-7-10-13-16-19-22-24-25-27-29-32-35-38-41-44-50(53)56-47-48(46-55-49(52)43-40-37-34-31-28-21-18-15-12-9-6-3)57-51(54)45-42-39-36-33-30-26-23-20-17-14-11-8-5-2/h7,10,16,19-20,23-25,48H,4-6,8-9,11-15,17-18,21-22,26-47H2,1-3H3/b10-7-,19-16-,23-20-,25-24-/t48-/m0/s1. The van der Waals surface area contributed by atoms with E-state index in [1.807, 2.05) is 0 Å². The Morgan fingerprint density at radius 1 is 0.368 bits per heavy atom. The van der Waals surface area contributed by atoms with E-state index in [-0.39, 0.29) is 31.1 Å². The molecule has 0 unspecified atom stereocenters. The van der Waals surface area contributed by atoms with Gasteiger partial charge >= 0.3 is 17.9 Å². The first-order valence-electron chi connectivity index (χ1n) is 24.1. The van der Waals surface area contributed by atoms with Crippen LogP contribution in [-0.2, 0) is 28.6 Å². The quantitative estimate of drug-likeness (QED) is 0.0265. The van der Waals surface area contributed by atoms with Crippen LogP contribution < -0.4 is 0 Å². The molecular formula is C51H90O6. The van der Waals surface area contributed by atoms with Gasteiger partial charge in [-0.2, -0.15) is 0 Å². The molecule has 0 fully saturated rings. The predicted octanol–water partition coefficient (Wildman–Crippen LogP) is 15.5. The fourth-order valence-electron chi connectivity index (χ4n) is 6.69. The number of hydrogen-bond acceptors (Lipinski definition) is 6. The van der Waals surface area contributed by atoms with E-state index in [1.54, 1.807) is 0 Å². The summed E-state index contributed by atoms with van der Waals surface area (Å²) in [6.07, 6.45) is 53.7. The van der Waals surface area contributed by atoms with Crippen molar-refractivity contribution in [1.82, 2.24) is 0 Å². The highest BCUT2D eigenvalue weighted by molar-refractivity contribution is 5.71. The molecule has 0 N–H and O–H groups in total. The third-order valence-electron chi connectivity index (χ3n) is 10.3. The molecule has 0 heterocycles. The number of rotatable bonds is 43. The van der Waals surface area contributed by atoms with Crippen molar-refractivity contribution >= 4 is 17.9 Å². The minimum absolute atomic E-state index is 0.0803. The molecule has 6 heteroatoms. The van der Waals surface area contributed by atoms with Crippen LogP contribution in [0, 0.1) is 0 Å². The van der Waals surface area contributed by atoms with E-state index in [0.717, 1.165) is 109 Å². The summed E-state index contributed by atoms with van der Waals surface area (Å²) in [6, 6.07) is 0. The van der Waals surface area contributed by atoms with Crippen LogP contribution in [0.5, 0.6) is 0 Å². The number of hydrogen-bond donors (Lipinski definition) is 0. The van der Waals surface area contributed by atoms with Gasteiger partial charge in [0.25, 0.3) is 0 Å². The molecule has 1 atom stereocenters. The Labute approximate surface area is 352 Å². The molecule has 57 heavy (non-hydrogen) atoms. The predicted molar refractivity (Wildman–Crippen MR) is 242 cm³/mol.